The number of carbonyl (C=O) groups is 3. The molecule has 0 aliphatic carbocycles. The van der Waals surface area contributed by atoms with Gasteiger partial charge in [0.1, 0.15) is 13.2 Å². The Hall–Kier alpha value is -2.11. The van der Waals surface area contributed by atoms with E-state index in [-0.39, 0.29) is 31.1 Å². The van der Waals surface area contributed by atoms with Crippen LogP contribution in [0.25, 0.3) is 0 Å². The summed E-state index contributed by atoms with van der Waals surface area (Å²) in [5.41, 5.74) is 0. The van der Waals surface area contributed by atoms with Gasteiger partial charge in [0.25, 0.3) is 0 Å². The Morgan fingerprint density at radius 2 is 0.735 bits per heavy atom. The van der Waals surface area contributed by atoms with Gasteiger partial charge < -0.3 is 14.2 Å². The van der Waals surface area contributed by atoms with Gasteiger partial charge in [-0.25, -0.2) is 0 Å². The third-order valence-electron chi connectivity index (χ3n) is 8.96. The van der Waals surface area contributed by atoms with Crippen LogP contribution in [-0.2, 0) is 28.6 Å². The molecule has 0 amide bonds. The number of carbonyl (C=O) groups excluding carboxylic acids is 3. The van der Waals surface area contributed by atoms with Crippen molar-refractivity contribution in [1.82, 2.24) is 0 Å². The second-order valence-electron chi connectivity index (χ2n) is 13.9. The van der Waals surface area contributed by atoms with E-state index in [1.807, 2.05) is 0 Å². The summed E-state index contributed by atoms with van der Waals surface area (Å²) in [6.07, 6.45) is 40.6. The summed E-state index contributed by atoms with van der Waals surface area (Å²) in [5, 5.41) is 0. The molecular formula is C43H78O6. The first-order valence-corrected chi connectivity index (χ1v) is 20.8. The molecule has 0 aromatic carbocycles. The van der Waals surface area contributed by atoms with E-state index in [9.17, 15) is 14.4 Å². The first kappa shape index (κ1) is 46.9. The predicted octanol–water partition coefficient (Wildman–Crippen LogP) is 12.9. The number of unbranched alkanes of at least 4 members (excludes halogenated alkanes) is 22. The van der Waals surface area contributed by atoms with Gasteiger partial charge in [-0.1, -0.05) is 167 Å². The van der Waals surface area contributed by atoms with Gasteiger partial charge in [0, 0.05) is 19.3 Å². The Balaban J connectivity index is 4.10. The molecule has 0 aliphatic heterocycles. The van der Waals surface area contributed by atoms with Crippen molar-refractivity contribution >= 4 is 17.9 Å². The smallest absolute Gasteiger partial charge is 0.306 e. The Labute approximate surface area is 303 Å². The molecule has 6 heteroatoms. The van der Waals surface area contributed by atoms with Gasteiger partial charge in [-0.2, -0.15) is 0 Å². The van der Waals surface area contributed by atoms with E-state index in [0.29, 0.717) is 19.3 Å². The SMILES string of the molecule is CCCCC/C=C\C/C=C\CCCCCCCCCCCC(=O)OCC(COC(=O)CCCCCCC)OC(=O)CCCCCCCCC. The average molecular weight is 691 g/mol. The van der Waals surface area contributed by atoms with E-state index in [2.05, 4.69) is 45.1 Å². The first-order chi connectivity index (χ1) is 24.0. The molecule has 286 valence electrons. The number of allylic oxidation sites excluding steroid dienone is 4. The van der Waals surface area contributed by atoms with E-state index in [0.717, 1.165) is 70.6 Å². The molecular weight excluding hydrogens is 612 g/mol. The third-order valence-corrected chi connectivity index (χ3v) is 8.96. The van der Waals surface area contributed by atoms with Gasteiger partial charge in [0.05, 0.1) is 0 Å². The summed E-state index contributed by atoms with van der Waals surface area (Å²) >= 11 is 0. The largest absolute Gasteiger partial charge is 0.462 e. The maximum Gasteiger partial charge on any atom is 0.306 e. The zero-order valence-electron chi connectivity index (χ0n) is 32.5. The summed E-state index contributed by atoms with van der Waals surface area (Å²) in [5.74, 6) is -0.897. The van der Waals surface area contributed by atoms with Crippen LogP contribution in [0.4, 0.5) is 0 Å². The Morgan fingerprint density at radius 3 is 1.16 bits per heavy atom. The number of esters is 3. The van der Waals surface area contributed by atoms with Gasteiger partial charge in [-0.15, -0.1) is 0 Å². The molecule has 49 heavy (non-hydrogen) atoms. The molecule has 0 aliphatic rings. The van der Waals surface area contributed by atoms with Crippen LogP contribution in [0.1, 0.15) is 213 Å². The lowest BCUT2D eigenvalue weighted by Crippen LogP contribution is -2.30. The van der Waals surface area contributed by atoms with E-state index >= 15 is 0 Å². The highest BCUT2D eigenvalue weighted by Crippen LogP contribution is 2.14. The molecule has 0 bridgehead atoms. The lowest BCUT2D eigenvalue weighted by Gasteiger charge is -2.18. The maximum absolute atomic E-state index is 12.5. The Kier molecular flexibility index (Phi) is 37.0. The van der Waals surface area contributed by atoms with Gasteiger partial charge in [-0.3, -0.25) is 14.4 Å². The highest BCUT2D eigenvalue weighted by molar-refractivity contribution is 5.71. The predicted molar refractivity (Wildman–Crippen MR) is 206 cm³/mol. The van der Waals surface area contributed by atoms with Crippen LogP contribution in [-0.4, -0.2) is 37.2 Å². The molecule has 0 spiro atoms. The quantitative estimate of drug-likeness (QED) is 0.0279. The third kappa shape index (κ3) is 37.0. The summed E-state index contributed by atoms with van der Waals surface area (Å²) in [6, 6.07) is 0. The van der Waals surface area contributed by atoms with Crippen LogP contribution in [0.2, 0.25) is 0 Å². The first-order valence-electron chi connectivity index (χ1n) is 20.8. The van der Waals surface area contributed by atoms with Crippen LogP contribution in [0.3, 0.4) is 0 Å². The molecule has 6 nitrogen and oxygen atoms in total. The topological polar surface area (TPSA) is 78.9 Å². The molecule has 0 heterocycles. The fraction of sp³-hybridized carbons (Fsp3) is 0.837. The van der Waals surface area contributed by atoms with Crippen molar-refractivity contribution in [2.24, 2.45) is 0 Å². The molecule has 0 N–H and O–H groups in total. The number of hydrogen-bond acceptors (Lipinski definition) is 6. The zero-order chi connectivity index (χ0) is 35.9. The molecule has 0 saturated carbocycles. The molecule has 1 unspecified atom stereocenters. The highest BCUT2D eigenvalue weighted by Gasteiger charge is 2.19. The summed E-state index contributed by atoms with van der Waals surface area (Å²) < 4.78 is 16.5. The minimum Gasteiger partial charge on any atom is -0.462 e. The van der Waals surface area contributed by atoms with Crippen molar-refractivity contribution in [1.29, 1.82) is 0 Å². The maximum atomic E-state index is 12.5. The molecule has 0 rings (SSSR count). The van der Waals surface area contributed by atoms with Crippen molar-refractivity contribution in [3.8, 4) is 0 Å². The average Bonchev–Trinajstić information content (AvgIpc) is 3.09. The second-order valence-corrected chi connectivity index (χ2v) is 13.9. The number of hydrogen-bond donors (Lipinski definition) is 0. The van der Waals surface area contributed by atoms with Crippen LogP contribution >= 0.6 is 0 Å². The van der Waals surface area contributed by atoms with Crippen molar-refractivity contribution < 1.29 is 28.6 Å². The van der Waals surface area contributed by atoms with Gasteiger partial charge >= 0.3 is 17.9 Å². The molecule has 1 atom stereocenters. The van der Waals surface area contributed by atoms with Crippen molar-refractivity contribution in [2.45, 2.75) is 219 Å². The molecule has 0 aromatic rings. The Morgan fingerprint density at radius 1 is 0.408 bits per heavy atom. The Bertz CT molecular complexity index is 804. The second kappa shape index (κ2) is 38.7. The van der Waals surface area contributed by atoms with E-state index in [1.165, 1.54) is 103 Å². The van der Waals surface area contributed by atoms with Gasteiger partial charge in [0.15, 0.2) is 6.10 Å². The minimum atomic E-state index is -0.761. The normalized spacial score (nSPS) is 12.1. The van der Waals surface area contributed by atoms with Crippen molar-refractivity contribution in [2.75, 3.05) is 13.2 Å². The van der Waals surface area contributed by atoms with Crippen LogP contribution in [0.15, 0.2) is 24.3 Å². The summed E-state index contributed by atoms with van der Waals surface area (Å²) in [4.78, 5) is 37.2. The molecule has 0 radical (unpaired) electrons. The zero-order valence-corrected chi connectivity index (χ0v) is 32.5. The minimum absolute atomic E-state index is 0.0720. The van der Waals surface area contributed by atoms with Crippen molar-refractivity contribution in [3.63, 3.8) is 0 Å². The fourth-order valence-corrected chi connectivity index (χ4v) is 5.76. The summed E-state index contributed by atoms with van der Waals surface area (Å²) in [7, 11) is 0. The van der Waals surface area contributed by atoms with Gasteiger partial charge in [-0.05, 0) is 51.4 Å². The van der Waals surface area contributed by atoms with E-state index in [4.69, 9.17) is 14.2 Å². The van der Waals surface area contributed by atoms with Gasteiger partial charge in [0.2, 0.25) is 0 Å². The standard InChI is InChI=1S/C43H78O6/c1-4-7-10-13-15-16-17-18-19-20-21-22-23-24-25-26-28-30-33-36-42(45)48-39-40(38-47-41(44)35-32-29-12-9-6-3)49-43(46)37-34-31-27-14-11-8-5-2/h15-16,18-19,40H,4-14,17,20-39H2,1-3H3/b16-15-,19-18-. The lowest BCUT2D eigenvalue weighted by molar-refractivity contribution is -0.167. The number of rotatable bonds is 37. The lowest BCUT2D eigenvalue weighted by atomic mass is 10.1. The van der Waals surface area contributed by atoms with E-state index in [1.54, 1.807) is 0 Å². The van der Waals surface area contributed by atoms with Crippen LogP contribution < -0.4 is 0 Å². The fourth-order valence-electron chi connectivity index (χ4n) is 5.76. The van der Waals surface area contributed by atoms with Crippen LogP contribution in [0, 0.1) is 0 Å². The monoisotopic (exact) mass is 691 g/mol. The number of ether oxygens (including phenoxy) is 3. The molecule has 0 fully saturated rings. The van der Waals surface area contributed by atoms with Crippen LogP contribution in [0.5, 0.6) is 0 Å². The highest BCUT2D eigenvalue weighted by atomic mass is 16.6. The summed E-state index contributed by atoms with van der Waals surface area (Å²) in [6.45, 7) is 6.47. The molecule has 0 saturated heterocycles. The van der Waals surface area contributed by atoms with E-state index < -0.39 is 6.10 Å². The van der Waals surface area contributed by atoms with Crippen molar-refractivity contribution in [3.05, 3.63) is 24.3 Å². The molecule has 0 aromatic heterocycles.